The molecular formula is C22H31Cl2N5O3. The summed E-state index contributed by atoms with van der Waals surface area (Å²) in [6, 6.07) is 2.32. The molecule has 2 fully saturated rings. The van der Waals surface area contributed by atoms with Crippen molar-refractivity contribution in [2.24, 2.45) is 11.8 Å². The number of likely N-dealkylation sites (N-methyl/N-ethyl adjacent to an activating group) is 1. The summed E-state index contributed by atoms with van der Waals surface area (Å²) in [5, 5.41) is 16.3. The van der Waals surface area contributed by atoms with Gasteiger partial charge in [0.15, 0.2) is 0 Å². The molecule has 1 saturated carbocycles. The molecule has 8 nitrogen and oxygen atoms in total. The molecule has 1 saturated heterocycles. The average Bonchev–Trinajstić information content (AvgIpc) is 3.52. The van der Waals surface area contributed by atoms with Crippen molar-refractivity contribution in [1.82, 2.24) is 20.5 Å². The molecule has 2 amide bonds. The first-order valence-corrected chi connectivity index (χ1v) is 11.7. The van der Waals surface area contributed by atoms with Crippen LogP contribution in [-0.2, 0) is 9.53 Å². The number of rotatable bonds is 8. The second kappa shape index (κ2) is 10.4. The lowest BCUT2D eigenvalue weighted by molar-refractivity contribution is -0.126. The fourth-order valence-corrected chi connectivity index (χ4v) is 4.50. The molecule has 2 heterocycles. The lowest BCUT2D eigenvalue weighted by Crippen LogP contribution is -2.51. The monoisotopic (exact) mass is 483 g/mol. The Morgan fingerprint density at radius 3 is 2.66 bits per heavy atom. The van der Waals surface area contributed by atoms with Crippen LogP contribution in [0.4, 0.5) is 0 Å². The van der Waals surface area contributed by atoms with E-state index >= 15 is 0 Å². The Bertz CT molecular complexity index is 858. The Morgan fingerprint density at radius 2 is 2.06 bits per heavy atom. The van der Waals surface area contributed by atoms with E-state index in [9.17, 15) is 14.9 Å². The third-order valence-electron chi connectivity index (χ3n) is 6.15. The zero-order chi connectivity index (χ0) is 23.5. The highest BCUT2D eigenvalue weighted by Gasteiger charge is 2.36. The maximum absolute atomic E-state index is 13.2. The number of aromatic nitrogens is 1. The highest BCUT2D eigenvalue weighted by molar-refractivity contribution is 6.41. The van der Waals surface area contributed by atoms with Gasteiger partial charge in [-0.05, 0) is 51.0 Å². The number of halogens is 2. The van der Waals surface area contributed by atoms with E-state index in [1.165, 1.54) is 11.0 Å². The maximum Gasteiger partial charge on any atom is 0.270 e. The minimum Gasteiger partial charge on any atom is -0.366 e. The van der Waals surface area contributed by atoms with Crippen LogP contribution < -0.4 is 10.6 Å². The first-order chi connectivity index (χ1) is 15.1. The molecule has 1 aromatic heterocycles. The number of nitrogens with one attached hydrogen (secondary N) is 3. The van der Waals surface area contributed by atoms with Gasteiger partial charge in [-0.3, -0.25) is 14.9 Å². The number of H-pyrrole nitrogens is 1. The minimum atomic E-state index is -0.685. The van der Waals surface area contributed by atoms with Gasteiger partial charge in [-0.15, -0.1) is 0 Å². The van der Waals surface area contributed by atoms with Crippen LogP contribution >= 0.6 is 23.2 Å². The second-order valence-corrected chi connectivity index (χ2v) is 10.3. The van der Waals surface area contributed by atoms with E-state index in [2.05, 4.69) is 35.5 Å². The fraction of sp³-hybridized carbons (Fsp3) is 0.682. The van der Waals surface area contributed by atoms with Gasteiger partial charge in [-0.25, -0.2) is 0 Å². The molecule has 10 heteroatoms. The van der Waals surface area contributed by atoms with Gasteiger partial charge in [-0.1, -0.05) is 36.0 Å². The van der Waals surface area contributed by atoms with Gasteiger partial charge < -0.3 is 19.9 Å². The lowest BCUT2D eigenvalue weighted by atomic mass is 9.87. The van der Waals surface area contributed by atoms with Crippen LogP contribution in [0.2, 0.25) is 10.2 Å². The number of aromatic amines is 1. The standard InChI is InChI=1S/C22H31Cl2N5O3/c1-22(2)9-14(11-32-12-26-22)6-15(10-25)27-20(30)18(7-13-4-5-13)29(3)21(31)17-8-16(23)19(24)28-17/h8,13-15,18,26,28H,4-7,9,11-12H2,1-3H3,(H,27,30)/t14-,15+,18+/m1/s1. The summed E-state index contributed by atoms with van der Waals surface area (Å²) < 4.78 is 5.62. The molecule has 1 aliphatic heterocycles. The van der Waals surface area contributed by atoms with Crippen LogP contribution in [0.3, 0.4) is 0 Å². The Morgan fingerprint density at radius 1 is 1.34 bits per heavy atom. The highest BCUT2D eigenvalue weighted by atomic mass is 35.5. The van der Waals surface area contributed by atoms with E-state index in [0.29, 0.717) is 32.1 Å². The van der Waals surface area contributed by atoms with E-state index in [-0.39, 0.29) is 39.1 Å². The van der Waals surface area contributed by atoms with E-state index in [0.717, 1.165) is 19.3 Å². The molecule has 0 bridgehead atoms. The molecule has 176 valence electrons. The van der Waals surface area contributed by atoms with Gasteiger partial charge in [0, 0.05) is 12.6 Å². The normalized spacial score (nSPS) is 22.3. The summed E-state index contributed by atoms with van der Waals surface area (Å²) in [5.41, 5.74) is 0.114. The van der Waals surface area contributed by atoms with E-state index in [1.54, 1.807) is 7.05 Å². The summed E-state index contributed by atoms with van der Waals surface area (Å²) in [6.07, 6.45) is 3.95. The Labute approximate surface area is 198 Å². The predicted molar refractivity (Wildman–Crippen MR) is 122 cm³/mol. The summed E-state index contributed by atoms with van der Waals surface area (Å²) >= 11 is 11.9. The smallest absolute Gasteiger partial charge is 0.270 e. The molecule has 0 aromatic carbocycles. The molecule has 0 spiro atoms. The summed E-state index contributed by atoms with van der Waals surface area (Å²) in [4.78, 5) is 30.3. The van der Waals surface area contributed by atoms with Crippen molar-refractivity contribution in [2.45, 2.75) is 63.6 Å². The number of hydrogen-bond donors (Lipinski definition) is 3. The van der Waals surface area contributed by atoms with Gasteiger partial charge in [0.2, 0.25) is 5.91 Å². The quantitative estimate of drug-likeness (QED) is 0.525. The van der Waals surface area contributed by atoms with E-state index in [1.807, 2.05) is 0 Å². The van der Waals surface area contributed by atoms with E-state index < -0.39 is 12.1 Å². The molecule has 3 rings (SSSR count). The molecule has 0 unspecified atom stereocenters. The zero-order valence-corrected chi connectivity index (χ0v) is 20.2. The third kappa shape index (κ3) is 6.61. The first kappa shape index (κ1) is 24.8. The van der Waals surface area contributed by atoms with Crippen LogP contribution in [0.5, 0.6) is 0 Å². The van der Waals surface area contributed by atoms with Gasteiger partial charge in [-0.2, -0.15) is 5.26 Å². The summed E-state index contributed by atoms with van der Waals surface area (Å²) in [7, 11) is 1.59. The van der Waals surface area contributed by atoms with Crippen molar-refractivity contribution in [3.63, 3.8) is 0 Å². The Balaban J connectivity index is 1.67. The van der Waals surface area contributed by atoms with Crippen molar-refractivity contribution < 1.29 is 14.3 Å². The van der Waals surface area contributed by atoms with Gasteiger partial charge in [0.05, 0.1) is 24.4 Å². The molecule has 32 heavy (non-hydrogen) atoms. The van der Waals surface area contributed by atoms with Gasteiger partial charge >= 0.3 is 0 Å². The van der Waals surface area contributed by atoms with Crippen molar-refractivity contribution in [1.29, 1.82) is 5.26 Å². The molecule has 0 radical (unpaired) electrons. The molecule has 2 aliphatic rings. The summed E-state index contributed by atoms with van der Waals surface area (Å²) in [6.45, 7) is 5.19. The van der Waals surface area contributed by atoms with Gasteiger partial charge in [0.1, 0.15) is 22.9 Å². The van der Waals surface area contributed by atoms with Crippen molar-refractivity contribution in [2.75, 3.05) is 20.4 Å². The lowest BCUT2D eigenvalue weighted by Gasteiger charge is -2.30. The van der Waals surface area contributed by atoms with Crippen LogP contribution in [0.25, 0.3) is 0 Å². The number of nitrogens with zero attached hydrogens (tertiary/aromatic N) is 2. The second-order valence-electron chi connectivity index (χ2n) is 9.53. The molecule has 3 N–H and O–H groups in total. The zero-order valence-electron chi connectivity index (χ0n) is 18.7. The Hall–Kier alpha value is -1.79. The maximum atomic E-state index is 13.2. The minimum absolute atomic E-state index is 0.106. The number of nitriles is 1. The SMILES string of the molecule is CN(C(=O)c1cc(Cl)c(Cl)[nH]1)[C@@H](CC1CC1)C(=O)N[C@H](C#N)C[C@H]1COCNC(C)(C)C1. The van der Waals surface area contributed by atoms with Gasteiger partial charge in [0.25, 0.3) is 5.91 Å². The van der Waals surface area contributed by atoms with Crippen LogP contribution in [0.15, 0.2) is 6.07 Å². The fourth-order valence-electron chi connectivity index (χ4n) is 4.18. The largest absolute Gasteiger partial charge is 0.366 e. The predicted octanol–water partition coefficient (Wildman–Crippen LogP) is 3.32. The number of carbonyl (C=O) groups excluding carboxylic acids is 2. The highest BCUT2D eigenvalue weighted by Crippen LogP contribution is 2.35. The van der Waals surface area contributed by atoms with Crippen LogP contribution in [0.1, 0.15) is 56.4 Å². The molecule has 1 aromatic rings. The topological polar surface area (TPSA) is 110 Å². The van der Waals surface area contributed by atoms with Crippen LogP contribution in [-0.4, -0.2) is 59.7 Å². The van der Waals surface area contributed by atoms with Crippen molar-refractivity contribution >= 4 is 35.0 Å². The van der Waals surface area contributed by atoms with Crippen molar-refractivity contribution in [3.05, 3.63) is 21.9 Å². The first-order valence-electron chi connectivity index (χ1n) is 10.9. The van der Waals surface area contributed by atoms with E-state index in [4.69, 9.17) is 27.9 Å². The molecule has 3 atom stereocenters. The number of amides is 2. The average molecular weight is 484 g/mol. The summed E-state index contributed by atoms with van der Waals surface area (Å²) in [5.74, 6) is -0.165. The third-order valence-corrected chi connectivity index (χ3v) is 6.84. The number of carbonyl (C=O) groups is 2. The molecular weight excluding hydrogens is 453 g/mol. The van der Waals surface area contributed by atoms with Crippen molar-refractivity contribution in [3.8, 4) is 6.07 Å². The number of hydrogen-bond acceptors (Lipinski definition) is 5. The molecule has 1 aliphatic carbocycles. The Kier molecular flexibility index (Phi) is 8.10. The number of ether oxygens (including phenoxy) is 1. The van der Waals surface area contributed by atoms with Crippen LogP contribution in [0, 0.1) is 23.2 Å².